The lowest BCUT2D eigenvalue weighted by molar-refractivity contribution is -0.124. The van der Waals surface area contributed by atoms with Crippen molar-refractivity contribution in [2.45, 2.75) is 25.8 Å². The van der Waals surface area contributed by atoms with Gasteiger partial charge in [0.1, 0.15) is 0 Å². The molecule has 0 fully saturated rings. The smallest absolute Gasteiger partial charge is 0.254 e. The third-order valence-electron chi connectivity index (χ3n) is 6.83. The molecule has 0 unspecified atom stereocenters. The predicted molar refractivity (Wildman–Crippen MR) is 137 cm³/mol. The molecule has 1 aliphatic heterocycles. The summed E-state index contributed by atoms with van der Waals surface area (Å²) in [5.41, 5.74) is 1.76. The quantitative estimate of drug-likeness (QED) is 0.508. The van der Waals surface area contributed by atoms with Gasteiger partial charge in [-0.25, -0.2) is 0 Å². The van der Waals surface area contributed by atoms with Crippen LogP contribution in [0.2, 0.25) is 0 Å². The van der Waals surface area contributed by atoms with Gasteiger partial charge in [-0.05, 0) is 48.5 Å². The highest BCUT2D eigenvalue weighted by atomic mass is 16.5. The van der Waals surface area contributed by atoms with Crippen LogP contribution >= 0.6 is 0 Å². The number of amides is 2. The number of nitrogens with zero attached hydrogens (tertiary/aromatic N) is 2. The van der Waals surface area contributed by atoms with E-state index >= 15 is 0 Å². The van der Waals surface area contributed by atoms with Gasteiger partial charge in [0.05, 0.1) is 40.4 Å². The molecule has 0 spiro atoms. The largest absolute Gasteiger partial charge is 0.493 e. The summed E-state index contributed by atoms with van der Waals surface area (Å²) in [6.07, 6.45) is 0. The van der Waals surface area contributed by atoms with Crippen LogP contribution in [0.4, 0.5) is 0 Å². The third-order valence-corrected chi connectivity index (χ3v) is 6.83. The van der Waals surface area contributed by atoms with Crippen LogP contribution < -0.4 is 24.3 Å². The molecule has 0 bridgehead atoms. The topological polar surface area (TPSA) is 89.6 Å². The second-order valence-corrected chi connectivity index (χ2v) is 8.57. The molecule has 0 aromatic heterocycles. The van der Waals surface area contributed by atoms with E-state index in [0.29, 0.717) is 40.7 Å². The number of nitrogens with one attached hydrogen (secondary N) is 1. The Labute approximate surface area is 213 Å². The fourth-order valence-electron chi connectivity index (χ4n) is 4.77. The summed E-state index contributed by atoms with van der Waals surface area (Å²) >= 11 is 0. The molecule has 1 N–H and O–H groups in total. The van der Waals surface area contributed by atoms with E-state index in [2.05, 4.69) is 24.1 Å². The molecule has 2 atom stereocenters. The number of hydrogen-bond donors (Lipinski definition) is 1. The van der Waals surface area contributed by atoms with Crippen molar-refractivity contribution >= 4 is 11.8 Å². The van der Waals surface area contributed by atoms with E-state index in [9.17, 15) is 9.59 Å². The summed E-state index contributed by atoms with van der Waals surface area (Å²) in [6.45, 7) is 7.23. The molecule has 0 aliphatic carbocycles. The molecular weight excluding hydrogens is 462 g/mol. The van der Waals surface area contributed by atoms with Crippen LogP contribution in [0.3, 0.4) is 0 Å². The van der Waals surface area contributed by atoms with Crippen molar-refractivity contribution in [1.29, 1.82) is 0 Å². The Hall–Kier alpha value is -3.46. The number of carbonyl (C=O) groups excluding carboxylic acids is 2. The van der Waals surface area contributed by atoms with Crippen LogP contribution in [0, 0.1) is 0 Å². The number of hydrogen-bond acceptors (Lipinski definition) is 7. The minimum atomic E-state index is -0.683. The average Bonchev–Trinajstić information content (AvgIpc) is 2.91. The highest BCUT2D eigenvalue weighted by Crippen LogP contribution is 2.46. The minimum absolute atomic E-state index is 0.172. The van der Waals surface area contributed by atoms with Gasteiger partial charge < -0.3 is 34.1 Å². The van der Waals surface area contributed by atoms with Crippen molar-refractivity contribution in [2.24, 2.45) is 0 Å². The molecule has 2 amide bonds. The Morgan fingerprint density at radius 2 is 1.50 bits per heavy atom. The first kappa shape index (κ1) is 27.1. The summed E-state index contributed by atoms with van der Waals surface area (Å²) in [5.74, 6) is 0.918. The number of fused-ring (bicyclic) bond motifs is 1. The molecular formula is C27H37N3O6. The van der Waals surface area contributed by atoms with Gasteiger partial charge in [0.25, 0.3) is 5.91 Å². The molecule has 196 valence electrons. The monoisotopic (exact) mass is 499 g/mol. The van der Waals surface area contributed by atoms with Crippen LogP contribution in [0.5, 0.6) is 23.0 Å². The highest BCUT2D eigenvalue weighted by molar-refractivity contribution is 6.02. The van der Waals surface area contributed by atoms with Gasteiger partial charge in [0, 0.05) is 25.7 Å². The SMILES string of the molecule is CCN(CC)CCNC(=O)[C@@H]1c2cc(OC)c(OC)cc2C(=O)N(C)[C@H]1c1ccc(OC)c(OC)c1. The summed E-state index contributed by atoms with van der Waals surface area (Å²) in [5, 5.41) is 3.10. The van der Waals surface area contributed by atoms with Crippen LogP contribution in [-0.2, 0) is 4.79 Å². The summed E-state index contributed by atoms with van der Waals surface area (Å²) in [4.78, 5) is 31.2. The van der Waals surface area contributed by atoms with Crippen LogP contribution in [0.25, 0.3) is 0 Å². The number of methoxy groups -OCH3 is 4. The molecule has 1 heterocycles. The maximum atomic E-state index is 13.8. The van der Waals surface area contributed by atoms with Gasteiger partial charge in [-0.15, -0.1) is 0 Å². The molecule has 1 aliphatic rings. The maximum absolute atomic E-state index is 13.8. The second kappa shape index (κ2) is 12.0. The van der Waals surface area contributed by atoms with E-state index in [1.165, 1.54) is 14.2 Å². The number of carbonyl (C=O) groups is 2. The van der Waals surface area contributed by atoms with Crippen LogP contribution in [0.1, 0.15) is 47.3 Å². The standard InChI is InChI=1S/C27H37N3O6/c1-8-30(9-2)13-12-28-26(31)24-18-15-22(35-6)23(36-7)16-19(18)27(32)29(3)25(24)17-10-11-20(33-4)21(14-17)34-5/h10-11,14-16,24-25H,8-9,12-13H2,1-7H3,(H,28,31)/t24-,25+/m1/s1. The van der Waals surface area contributed by atoms with Gasteiger partial charge in [-0.2, -0.15) is 0 Å². The van der Waals surface area contributed by atoms with E-state index in [4.69, 9.17) is 18.9 Å². The lowest BCUT2D eigenvalue weighted by Gasteiger charge is -2.40. The second-order valence-electron chi connectivity index (χ2n) is 8.57. The van der Waals surface area contributed by atoms with E-state index in [0.717, 1.165) is 25.2 Å². The zero-order valence-electron chi connectivity index (χ0n) is 22.2. The lowest BCUT2D eigenvalue weighted by atomic mass is 9.79. The fraction of sp³-hybridized carbons (Fsp3) is 0.481. The summed E-state index contributed by atoms with van der Waals surface area (Å²) in [7, 11) is 7.88. The normalized spacial score (nSPS) is 17.0. The van der Waals surface area contributed by atoms with Gasteiger partial charge in [-0.1, -0.05) is 19.9 Å². The Balaban J connectivity index is 2.12. The van der Waals surface area contributed by atoms with Crippen molar-refractivity contribution in [3.05, 3.63) is 47.0 Å². The van der Waals surface area contributed by atoms with Crippen LogP contribution in [-0.4, -0.2) is 83.3 Å². The molecule has 0 radical (unpaired) electrons. The molecule has 9 nitrogen and oxygen atoms in total. The first-order chi connectivity index (χ1) is 17.3. The first-order valence-electron chi connectivity index (χ1n) is 12.1. The molecule has 9 heteroatoms. The molecule has 2 aromatic carbocycles. The summed E-state index contributed by atoms with van der Waals surface area (Å²) in [6, 6.07) is 8.27. The molecule has 0 saturated heterocycles. The van der Waals surface area contributed by atoms with Crippen LogP contribution in [0.15, 0.2) is 30.3 Å². The van der Waals surface area contributed by atoms with Crippen molar-refractivity contribution < 1.29 is 28.5 Å². The highest BCUT2D eigenvalue weighted by Gasteiger charge is 2.43. The number of ether oxygens (including phenoxy) is 4. The Bertz CT molecular complexity index is 1090. The predicted octanol–water partition coefficient (Wildman–Crippen LogP) is 3.09. The zero-order valence-corrected chi connectivity index (χ0v) is 22.2. The zero-order chi connectivity index (χ0) is 26.4. The molecule has 3 rings (SSSR count). The maximum Gasteiger partial charge on any atom is 0.254 e. The van der Waals surface area contributed by atoms with E-state index in [1.54, 1.807) is 44.4 Å². The Kier molecular flexibility index (Phi) is 9.03. The lowest BCUT2D eigenvalue weighted by Crippen LogP contribution is -2.46. The molecule has 0 saturated carbocycles. The van der Waals surface area contributed by atoms with E-state index < -0.39 is 12.0 Å². The van der Waals surface area contributed by atoms with Gasteiger partial charge in [-0.3, -0.25) is 9.59 Å². The third kappa shape index (κ3) is 5.21. The number of rotatable bonds is 11. The average molecular weight is 500 g/mol. The molecule has 2 aromatic rings. The van der Waals surface area contributed by atoms with E-state index in [-0.39, 0.29) is 11.8 Å². The number of benzene rings is 2. The number of likely N-dealkylation sites (N-methyl/N-ethyl adjacent to an activating group) is 2. The Morgan fingerprint density at radius 3 is 2.08 bits per heavy atom. The Morgan fingerprint density at radius 1 is 0.917 bits per heavy atom. The van der Waals surface area contributed by atoms with Crippen molar-refractivity contribution in [3.63, 3.8) is 0 Å². The first-order valence-corrected chi connectivity index (χ1v) is 12.1. The summed E-state index contributed by atoms with van der Waals surface area (Å²) < 4.78 is 21.8. The van der Waals surface area contributed by atoms with Crippen molar-refractivity contribution in [1.82, 2.24) is 15.1 Å². The van der Waals surface area contributed by atoms with Gasteiger partial charge in [0.15, 0.2) is 23.0 Å². The van der Waals surface area contributed by atoms with Gasteiger partial charge in [0.2, 0.25) is 5.91 Å². The van der Waals surface area contributed by atoms with Crippen molar-refractivity contribution in [3.8, 4) is 23.0 Å². The van der Waals surface area contributed by atoms with E-state index in [1.807, 2.05) is 12.1 Å². The van der Waals surface area contributed by atoms with Gasteiger partial charge >= 0.3 is 0 Å². The van der Waals surface area contributed by atoms with Crippen molar-refractivity contribution in [2.75, 3.05) is 61.7 Å². The fourth-order valence-corrected chi connectivity index (χ4v) is 4.77. The molecule has 36 heavy (non-hydrogen) atoms. The minimum Gasteiger partial charge on any atom is -0.493 e.